The zero-order valence-corrected chi connectivity index (χ0v) is 11.6. The third kappa shape index (κ3) is 6.06. The lowest BCUT2D eigenvalue weighted by Crippen LogP contribution is -2.44. The first-order valence-electron chi connectivity index (χ1n) is 6.92. The molecule has 0 radical (unpaired) electrons. The summed E-state index contributed by atoms with van der Waals surface area (Å²) < 4.78 is 0. The van der Waals surface area contributed by atoms with Gasteiger partial charge in [-0.3, -0.25) is 4.79 Å². The highest BCUT2D eigenvalue weighted by atomic mass is 16.2. The maximum Gasteiger partial charge on any atom is 0.236 e. The van der Waals surface area contributed by atoms with Gasteiger partial charge >= 0.3 is 0 Å². The van der Waals surface area contributed by atoms with Gasteiger partial charge in [0, 0.05) is 6.54 Å². The normalized spacial score (nSPS) is 20.0. The van der Waals surface area contributed by atoms with Gasteiger partial charge in [0.2, 0.25) is 5.91 Å². The third-order valence-electron chi connectivity index (χ3n) is 3.44. The number of rotatable bonds is 4. The van der Waals surface area contributed by atoms with Crippen molar-refractivity contribution in [3.05, 3.63) is 0 Å². The van der Waals surface area contributed by atoms with E-state index in [0.717, 1.165) is 6.42 Å². The number of carbonyl (C=O) groups is 1. The molecule has 3 nitrogen and oxygen atoms in total. The molecule has 0 aromatic heterocycles. The highest BCUT2D eigenvalue weighted by Gasteiger charge is 2.22. The number of hydrogen-bond donors (Lipinski definition) is 2. The van der Waals surface area contributed by atoms with Crippen molar-refractivity contribution >= 4 is 5.91 Å². The van der Waals surface area contributed by atoms with Gasteiger partial charge in [-0.05, 0) is 17.8 Å². The Balaban J connectivity index is 2.26. The molecule has 1 saturated carbocycles. The van der Waals surface area contributed by atoms with Crippen LogP contribution in [-0.2, 0) is 4.79 Å². The zero-order chi connectivity index (χ0) is 12.9. The van der Waals surface area contributed by atoms with Crippen LogP contribution in [0.3, 0.4) is 0 Å². The summed E-state index contributed by atoms with van der Waals surface area (Å²) in [5, 5.41) is 2.95. The van der Waals surface area contributed by atoms with Crippen LogP contribution in [0, 0.1) is 11.3 Å². The molecule has 0 spiro atoms. The van der Waals surface area contributed by atoms with Gasteiger partial charge < -0.3 is 11.1 Å². The molecule has 1 aliphatic rings. The minimum absolute atomic E-state index is 0.0190. The highest BCUT2D eigenvalue weighted by Crippen LogP contribution is 2.26. The van der Waals surface area contributed by atoms with Crippen LogP contribution in [-0.4, -0.2) is 18.5 Å². The summed E-state index contributed by atoms with van der Waals surface area (Å²) in [6.45, 7) is 7.03. The predicted molar refractivity (Wildman–Crippen MR) is 71.6 cm³/mol. The maximum atomic E-state index is 11.8. The van der Waals surface area contributed by atoms with Gasteiger partial charge in [0.25, 0.3) is 0 Å². The van der Waals surface area contributed by atoms with Crippen molar-refractivity contribution in [1.29, 1.82) is 0 Å². The molecule has 100 valence electrons. The van der Waals surface area contributed by atoms with E-state index in [0.29, 0.717) is 12.5 Å². The van der Waals surface area contributed by atoms with Crippen molar-refractivity contribution in [2.75, 3.05) is 6.54 Å². The molecule has 1 fully saturated rings. The van der Waals surface area contributed by atoms with Crippen molar-refractivity contribution < 1.29 is 4.79 Å². The van der Waals surface area contributed by atoms with E-state index < -0.39 is 0 Å². The van der Waals surface area contributed by atoms with Gasteiger partial charge in [-0.15, -0.1) is 0 Å². The molecule has 3 heteroatoms. The van der Waals surface area contributed by atoms with Gasteiger partial charge in [0.1, 0.15) is 0 Å². The lowest BCUT2D eigenvalue weighted by Gasteiger charge is -2.25. The van der Waals surface area contributed by atoms with Crippen LogP contribution >= 0.6 is 0 Å². The minimum Gasteiger partial charge on any atom is -0.354 e. The molecule has 3 N–H and O–H groups in total. The molecule has 0 aromatic carbocycles. The third-order valence-corrected chi connectivity index (χ3v) is 3.44. The average Bonchev–Trinajstić information content (AvgIpc) is 2.26. The lowest BCUT2D eigenvalue weighted by atomic mass is 9.85. The molecule has 1 unspecified atom stereocenters. The van der Waals surface area contributed by atoms with E-state index in [4.69, 9.17) is 5.73 Å². The summed E-state index contributed by atoms with van der Waals surface area (Å²) in [5.41, 5.74) is 6.09. The Morgan fingerprint density at radius 2 is 1.88 bits per heavy atom. The molecule has 1 atom stereocenters. The van der Waals surface area contributed by atoms with Crippen molar-refractivity contribution in [2.45, 2.75) is 65.3 Å². The second-order valence-corrected chi connectivity index (χ2v) is 6.62. The summed E-state index contributed by atoms with van der Waals surface area (Å²) in [6, 6.07) is -0.319. The number of hydrogen-bond acceptors (Lipinski definition) is 2. The predicted octanol–water partition coefficient (Wildman–Crippen LogP) is 2.45. The summed E-state index contributed by atoms with van der Waals surface area (Å²) in [7, 11) is 0. The minimum atomic E-state index is -0.319. The number of nitrogens with one attached hydrogen (secondary N) is 1. The summed E-state index contributed by atoms with van der Waals surface area (Å²) in [4.78, 5) is 11.8. The van der Waals surface area contributed by atoms with Crippen molar-refractivity contribution in [2.24, 2.45) is 17.1 Å². The van der Waals surface area contributed by atoms with Gasteiger partial charge in [-0.1, -0.05) is 52.9 Å². The van der Waals surface area contributed by atoms with Gasteiger partial charge in [0.05, 0.1) is 6.04 Å². The Kier molecular flexibility index (Phi) is 5.44. The molecule has 1 rings (SSSR count). The Hall–Kier alpha value is -0.570. The molecule has 0 saturated heterocycles. The van der Waals surface area contributed by atoms with E-state index in [2.05, 4.69) is 26.1 Å². The molecule has 0 aliphatic heterocycles. The van der Waals surface area contributed by atoms with E-state index in [9.17, 15) is 4.79 Å². The Labute approximate surface area is 106 Å². The van der Waals surface area contributed by atoms with Crippen molar-refractivity contribution in [1.82, 2.24) is 5.32 Å². The van der Waals surface area contributed by atoms with Crippen molar-refractivity contribution in [3.63, 3.8) is 0 Å². The fourth-order valence-corrected chi connectivity index (χ4v) is 2.37. The smallest absolute Gasteiger partial charge is 0.236 e. The Morgan fingerprint density at radius 3 is 2.41 bits per heavy atom. The van der Waals surface area contributed by atoms with E-state index >= 15 is 0 Å². The van der Waals surface area contributed by atoms with E-state index in [-0.39, 0.29) is 17.4 Å². The highest BCUT2D eigenvalue weighted by molar-refractivity contribution is 5.81. The summed E-state index contributed by atoms with van der Waals surface area (Å²) >= 11 is 0. The van der Waals surface area contributed by atoms with Crippen LogP contribution in [0.4, 0.5) is 0 Å². The van der Waals surface area contributed by atoms with Gasteiger partial charge in [-0.25, -0.2) is 0 Å². The van der Waals surface area contributed by atoms with Crippen LogP contribution in [0.1, 0.15) is 59.3 Å². The standard InChI is InChI=1S/C14H28N2O/c1-14(2,3)10-16-13(17)12(15)9-11-7-5-4-6-8-11/h11-12H,4-10,15H2,1-3H3,(H,16,17). The quantitative estimate of drug-likeness (QED) is 0.793. The van der Waals surface area contributed by atoms with E-state index in [1.807, 2.05) is 0 Å². The SMILES string of the molecule is CC(C)(C)CNC(=O)C(N)CC1CCCCC1. The topological polar surface area (TPSA) is 55.1 Å². The molecular formula is C14H28N2O. The van der Waals surface area contributed by atoms with Crippen LogP contribution < -0.4 is 11.1 Å². The van der Waals surface area contributed by atoms with Crippen LogP contribution in [0.5, 0.6) is 0 Å². The second-order valence-electron chi connectivity index (χ2n) is 6.62. The Morgan fingerprint density at radius 1 is 1.29 bits per heavy atom. The number of nitrogens with two attached hydrogens (primary N) is 1. The molecule has 0 aromatic rings. The first kappa shape index (κ1) is 14.5. The Bertz CT molecular complexity index is 239. The van der Waals surface area contributed by atoms with Crippen LogP contribution in [0.2, 0.25) is 0 Å². The second kappa shape index (κ2) is 6.39. The molecule has 1 amide bonds. The fourth-order valence-electron chi connectivity index (χ4n) is 2.37. The zero-order valence-electron chi connectivity index (χ0n) is 11.6. The van der Waals surface area contributed by atoms with E-state index in [1.54, 1.807) is 0 Å². The molecule has 0 heterocycles. The van der Waals surface area contributed by atoms with E-state index in [1.165, 1.54) is 32.1 Å². The largest absolute Gasteiger partial charge is 0.354 e. The summed E-state index contributed by atoms with van der Waals surface area (Å²) in [5.74, 6) is 0.685. The lowest BCUT2D eigenvalue weighted by molar-refractivity contribution is -0.123. The molecular weight excluding hydrogens is 212 g/mol. The fraction of sp³-hybridized carbons (Fsp3) is 0.929. The first-order valence-corrected chi connectivity index (χ1v) is 6.92. The number of carbonyl (C=O) groups excluding carboxylic acids is 1. The summed E-state index contributed by atoms with van der Waals surface area (Å²) in [6.07, 6.45) is 7.32. The van der Waals surface area contributed by atoms with Gasteiger partial charge in [-0.2, -0.15) is 0 Å². The molecule has 17 heavy (non-hydrogen) atoms. The molecule has 1 aliphatic carbocycles. The average molecular weight is 240 g/mol. The number of amides is 1. The molecule has 0 bridgehead atoms. The monoisotopic (exact) mass is 240 g/mol. The maximum absolute atomic E-state index is 11.8. The van der Waals surface area contributed by atoms with Crippen LogP contribution in [0.15, 0.2) is 0 Å². The van der Waals surface area contributed by atoms with Crippen LogP contribution in [0.25, 0.3) is 0 Å². The van der Waals surface area contributed by atoms with Crippen molar-refractivity contribution in [3.8, 4) is 0 Å². The first-order chi connectivity index (χ1) is 7.88. The van der Waals surface area contributed by atoms with Gasteiger partial charge in [0.15, 0.2) is 0 Å².